The molecule has 1 aliphatic carbocycles. The number of likely N-dealkylation sites (N-methyl/N-ethyl adjacent to an activating group) is 1. The summed E-state index contributed by atoms with van der Waals surface area (Å²) in [6.07, 6.45) is -7.86. The van der Waals surface area contributed by atoms with Gasteiger partial charge in [0.2, 0.25) is 11.8 Å². The number of nitrogens with one attached hydrogen (secondary N) is 1. The zero-order valence-corrected chi connectivity index (χ0v) is 24.3. The lowest BCUT2D eigenvalue weighted by molar-refractivity contribution is -0.143. The summed E-state index contributed by atoms with van der Waals surface area (Å²) >= 11 is 0. The number of carbonyl (C=O) groups excluding carboxylic acids is 3. The van der Waals surface area contributed by atoms with Crippen LogP contribution in [0, 0.1) is 11.7 Å². The van der Waals surface area contributed by atoms with E-state index in [1.54, 1.807) is 4.90 Å². The Morgan fingerprint density at radius 3 is 1.89 bits per heavy atom. The number of amides is 4. The Kier molecular flexibility index (Phi) is 9.50. The molecule has 0 radical (unpaired) electrons. The average molecular weight is 631 g/mol. The first kappa shape index (κ1) is 33.1. The smallest absolute Gasteiger partial charge is 0.354 e. The van der Waals surface area contributed by atoms with E-state index in [4.69, 9.17) is 0 Å². The number of anilines is 1. The SMILES string of the molecule is CC(=O)N[C@H]1CC[C@H](C(=O)N2C[C@@H](N(C)C(=O)N(C)c3cc(C(F)(F)F)cc(C(F)(F)F)c3)[C@H](c3ccc(F)cc3)C2)CC1. The molecule has 7 nitrogen and oxygen atoms in total. The van der Waals surface area contributed by atoms with Crippen LogP contribution in [-0.4, -0.2) is 66.9 Å². The van der Waals surface area contributed by atoms with Gasteiger partial charge < -0.3 is 15.1 Å². The third-order valence-electron chi connectivity index (χ3n) is 8.43. The molecule has 0 spiro atoms. The molecule has 1 aliphatic heterocycles. The Morgan fingerprint density at radius 1 is 0.841 bits per heavy atom. The number of alkyl halides is 6. The van der Waals surface area contributed by atoms with E-state index < -0.39 is 53.0 Å². The Labute approximate surface area is 250 Å². The average Bonchev–Trinajstić information content (AvgIpc) is 3.40. The van der Waals surface area contributed by atoms with Crippen molar-refractivity contribution in [3.05, 3.63) is 65.0 Å². The summed E-state index contributed by atoms with van der Waals surface area (Å²) in [5, 5.41) is 2.86. The molecule has 1 N–H and O–H groups in total. The molecule has 4 rings (SSSR count). The van der Waals surface area contributed by atoms with Crippen molar-refractivity contribution in [1.29, 1.82) is 0 Å². The normalized spacial score (nSPS) is 22.5. The highest BCUT2D eigenvalue weighted by molar-refractivity contribution is 5.92. The minimum absolute atomic E-state index is 0.0137. The van der Waals surface area contributed by atoms with Gasteiger partial charge in [-0.25, -0.2) is 9.18 Å². The number of halogens is 7. The maximum absolute atomic E-state index is 13.7. The standard InChI is InChI=1S/C30H33F7N4O3/c1-17(42)38-23-10-6-19(7-11-23)27(43)41-15-25(18-4-8-22(31)9-5-18)26(16-41)40(3)28(44)39(2)24-13-20(29(32,33)34)12-21(14-24)30(35,36)37/h4-5,8-9,12-14,19,23,25-26H,6-7,10-11,15-16H2,1-3H3,(H,38,42)/t19-,23-,25-,26+/m0/s1. The predicted octanol–water partition coefficient (Wildman–Crippen LogP) is 6.04. The highest BCUT2D eigenvalue weighted by Gasteiger charge is 2.43. The van der Waals surface area contributed by atoms with Gasteiger partial charge in [-0.3, -0.25) is 14.5 Å². The van der Waals surface area contributed by atoms with Crippen molar-refractivity contribution in [3.8, 4) is 0 Å². The second-order valence-corrected chi connectivity index (χ2v) is 11.4. The minimum atomic E-state index is -5.09. The van der Waals surface area contributed by atoms with E-state index in [-0.39, 0.29) is 42.9 Å². The van der Waals surface area contributed by atoms with Crippen LogP contribution in [-0.2, 0) is 21.9 Å². The van der Waals surface area contributed by atoms with Crippen LogP contribution in [0.2, 0.25) is 0 Å². The molecule has 1 saturated carbocycles. The van der Waals surface area contributed by atoms with Crippen LogP contribution in [0.15, 0.2) is 42.5 Å². The molecule has 240 valence electrons. The van der Waals surface area contributed by atoms with E-state index in [0.717, 1.165) is 7.05 Å². The fraction of sp³-hybridized carbons (Fsp3) is 0.500. The third kappa shape index (κ3) is 7.44. The molecule has 2 atom stereocenters. The van der Waals surface area contributed by atoms with Crippen molar-refractivity contribution in [1.82, 2.24) is 15.1 Å². The van der Waals surface area contributed by atoms with Crippen LogP contribution < -0.4 is 10.2 Å². The summed E-state index contributed by atoms with van der Waals surface area (Å²) < 4.78 is 94.5. The summed E-state index contributed by atoms with van der Waals surface area (Å²) in [5.41, 5.74) is -3.11. The summed E-state index contributed by atoms with van der Waals surface area (Å²) in [5.74, 6) is -1.63. The third-order valence-corrected chi connectivity index (χ3v) is 8.43. The van der Waals surface area contributed by atoms with Crippen molar-refractivity contribution in [2.75, 3.05) is 32.1 Å². The lowest BCUT2D eigenvalue weighted by Crippen LogP contribution is -2.48. The second-order valence-electron chi connectivity index (χ2n) is 11.4. The van der Waals surface area contributed by atoms with E-state index in [9.17, 15) is 45.1 Å². The van der Waals surface area contributed by atoms with Gasteiger partial charge in [0.25, 0.3) is 0 Å². The number of carbonyl (C=O) groups is 3. The lowest BCUT2D eigenvalue weighted by Gasteiger charge is -2.33. The first-order chi connectivity index (χ1) is 20.5. The van der Waals surface area contributed by atoms with E-state index in [1.165, 1.54) is 43.1 Å². The predicted molar refractivity (Wildman–Crippen MR) is 147 cm³/mol. The molecule has 0 aromatic heterocycles. The molecule has 0 unspecified atom stereocenters. The van der Waals surface area contributed by atoms with Crippen molar-refractivity contribution in [3.63, 3.8) is 0 Å². The molecule has 2 aromatic rings. The van der Waals surface area contributed by atoms with Gasteiger partial charge in [-0.15, -0.1) is 0 Å². The Balaban J connectivity index is 1.58. The second kappa shape index (κ2) is 12.6. The molecular formula is C30H33F7N4O3. The summed E-state index contributed by atoms with van der Waals surface area (Å²) in [6, 6.07) is 4.80. The van der Waals surface area contributed by atoms with Crippen LogP contribution >= 0.6 is 0 Å². The first-order valence-corrected chi connectivity index (χ1v) is 14.1. The molecule has 0 bridgehead atoms. The van der Waals surface area contributed by atoms with Crippen LogP contribution in [0.5, 0.6) is 0 Å². The molecule has 4 amide bonds. The summed E-state index contributed by atoms with van der Waals surface area (Å²) in [6.45, 7) is 1.65. The summed E-state index contributed by atoms with van der Waals surface area (Å²) in [7, 11) is 2.44. The Bertz CT molecular complexity index is 1340. The van der Waals surface area contributed by atoms with Crippen molar-refractivity contribution < 1.29 is 45.1 Å². The number of hydrogen-bond acceptors (Lipinski definition) is 3. The van der Waals surface area contributed by atoms with Gasteiger partial charge in [0.1, 0.15) is 5.82 Å². The van der Waals surface area contributed by atoms with Crippen LogP contribution in [0.25, 0.3) is 0 Å². The maximum atomic E-state index is 13.7. The molecular weight excluding hydrogens is 597 g/mol. The van der Waals surface area contributed by atoms with E-state index >= 15 is 0 Å². The minimum Gasteiger partial charge on any atom is -0.354 e. The zero-order chi connectivity index (χ0) is 32.6. The van der Waals surface area contributed by atoms with Gasteiger partial charge in [-0.2, -0.15) is 26.3 Å². The largest absolute Gasteiger partial charge is 0.416 e. The topological polar surface area (TPSA) is 73.0 Å². The van der Waals surface area contributed by atoms with E-state index in [2.05, 4.69) is 5.32 Å². The number of rotatable bonds is 5. The van der Waals surface area contributed by atoms with Crippen LogP contribution in [0.4, 0.5) is 41.2 Å². The van der Waals surface area contributed by atoms with E-state index in [0.29, 0.717) is 48.3 Å². The van der Waals surface area contributed by atoms with Gasteiger partial charge in [0, 0.05) is 57.7 Å². The van der Waals surface area contributed by atoms with Gasteiger partial charge in [-0.1, -0.05) is 12.1 Å². The quantitative estimate of drug-likeness (QED) is 0.410. The van der Waals surface area contributed by atoms with Crippen LogP contribution in [0.3, 0.4) is 0 Å². The number of benzene rings is 2. The Hall–Kier alpha value is -3.84. The first-order valence-electron chi connectivity index (χ1n) is 14.1. The Morgan fingerprint density at radius 2 is 1.39 bits per heavy atom. The van der Waals surface area contributed by atoms with Gasteiger partial charge >= 0.3 is 18.4 Å². The molecule has 1 heterocycles. The fourth-order valence-corrected chi connectivity index (χ4v) is 6.05. The van der Waals surface area contributed by atoms with E-state index in [1.807, 2.05) is 0 Å². The number of urea groups is 1. The molecule has 14 heteroatoms. The van der Waals surface area contributed by atoms with Gasteiger partial charge in [-0.05, 0) is 61.6 Å². The monoisotopic (exact) mass is 630 g/mol. The molecule has 2 aliphatic rings. The zero-order valence-electron chi connectivity index (χ0n) is 24.3. The molecule has 2 fully saturated rings. The summed E-state index contributed by atoms with van der Waals surface area (Å²) in [4.78, 5) is 42.0. The molecule has 1 saturated heterocycles. The van der Waals surface area contributed by atoms with Gasteiger partial charge in [0.05, 0.1) is 17.2 Å². The molecule has 2 aromatic carbocycles. The number of nitrogens with zero attached hydrogens (tertiary/aromatic N) is 3. The highest BCUT2D eigenvalue weighted by Crippen LogP contribution is 2.39. The number of likely N-dealkylation sites (tertiary alicyclic amines) is 1. The highest BCUT2D eigenvalue weighted by atomic mass is 19.4. The fourth-order valence-electron chi connectivity index (χ4n) is 6.05. The lowest BCUT2D eigenvalue weighted by atomic mass is 9.85. The maximum Gasteiger partial charge on any atom is 0.416 e. The van der Waals surface area contributed by atoms with Gasteiger partial charge in [0.15, 0.2) is 0 Å². The van der Waals surface area contributed by atoms with Crippen molar-refractivity contribution >= 4 is 23.5 Å². The molecule has 44 heavy (non-hydrogen) atoms. The number of hydrogen-bond donors (Lipinski definition) is 1. The van der Waals surface area contributed by atoms with Crippen molar-refractivity contribution in [2.45, 2.75) is 63.0 Å². The van der Waals surface area contributed by atoms with Crippen LogP contribution in [0.1, 0.15) is 55.2 Å². The van der Waals surface area contributed by atoms with Crippen molar-refractivity contribution in [2.24, 2.45) is 5.92 Å².